The van der Waals surface area contributed by atoms with E-state index in [1.165, 1.54) is 0 Å². The summed E-state index contributed by atoms with van der Waals surface area (Å²) in [5.41, 5.74) is 4.11. The molecule has 0 bridgehead atoms. The number of carboxylic acid groups (broad SMARTS) is 1. The second-order valence-electron chi connectivity index (χ2n) is 9.38. The Morgan fingerprint density at radius 3 is 2.53 bits per heavy atom. The minimum absolute atomic E-state index is 0.0220. The van der Waals surface area contributed by atoms with E-state index in [4.69, 9.17) is 5.11 Å². The van der Waals surface area contributed by atoms with E-state index in [0.717, 1.165) is 57.7 Å². The summed E-state index contributed by atoms with van der Waals surface area (Å²) < 4.78 is 1.90. The van der Waals surface area contributed by atoms with Crippen molar-refractivity contribution in [3.63, 3.8) is 0 Å². The molecule has 32 heavy (non-hydrogen) atoms. The lowest BCUT2D eigenvalue weighted by atomic mass is 9.50. The van der Waals surface area contributed by atoms with E-state index >= 15 is 0 Å². The lowest BCUT2D eigenvalue weighted by Crippen LogP contribution is -2.57. The minimum atomic E-state index is -0.689. The molecular weight excluding hydrogens is 422 g/mol. The van der Waals surface area contributed by atoms with Gasteiger partial charge in [0.25, 0.3) is 5.91 Å². The Morgan fingerprint density at radius 2 is 1.84 bits per heavy atom. The summed E-state index contributed by atoms with van der Waals surface area (Å²) in [6.45, 7) is 4.62. The van der Waals surface area contributed by atoms with Gasteiger partial charge in [-0.25, -0.2) is 0 Å². The quantitative estimate of drug-likeness (QED) is 0.574. The lowest BCUT2D eigenvalue weighted by molar-refractivity contribution is -0.155. The molecule has 2 heterocycles. The monoisotopic (exact) mass is 449 g/mol. The number of benzene rings is 1. The van der Waals surface area contributed by atoms with Crippen LogP contribution in [0.25, 0.3) is 11.1 Å². The number of carbonyl (C=O) groups is 2. The average Bonchev–Trinajstić information content (AvgIpc) is 3.27. The molecule has 1 amide bonds. The molecule has 6 nitrogen and oxygen atoms in total. The van der Waals surface area contributed by atoms with Crippen LogP contribution in [0.5, 0.6) is 0 Å². The molecule has 2 saturated carbocycles. The first-order valence-electron chi connectivity index (χ1n) is 11.0. The maximum atomic E-state index is 13.2. The van der Waals surface area contributed by atoms with E-state index in [1.807, 2.05) is 42.2 Å². The zero-order valence-electron chi connectivity index (χ0n) is 18.3. The molecule has 2 aliphatic carbocycles. The van der Waals surface area contributed by atoms with E-state index in [-0.39, 0.29) is 23.3 Å². The van der Waals surface area contributed by atoms with Crippen molar-refractivity contribution in [2.45, 2.75) is 52.1 Å². The molecule has 0 radical (unpaired) electrons. The number of hydrogen-bond donors (Lipinski definition) is 2. The third-order valence-corrected chi connectivity index (χ3v) is 8.14. The fourth-order valence-electron chi connectivity index (χ4n) is 5.45. The molecule has 0 atom stereocenters. The Kier molecular flexibility index (Phi) is 5.16. The normalized spacial score (nSPS) is 24.1. The van der Waals surface area contributed by atoms with E-state index in [2.05, 4.69) is 29.5 Å². The Morgan fingerprint density at radius 1 is 1.12 bits per heavy atom. The molecule has 3 aromatic rings. The number of amides is 1. The van der Waals surface area contributed by atoms with Gasteiger partial charge in [-0.3, -0.25) is 14.3 Å². The zero-order valence-corrected chi connectivity index (χ0v) is 19.1. The van der Waals surface area contributed by atoms with Gasteiger partial charge < -0.3 is 10.4 Å². The van der Waals surface area contributed by atoms with Crippen molar-refractivity contribution in [2.75, 3.05) is 0 Å². The van der Waals surface area contributed by atoms with Gasteiger partial charge >= 0.3 is 5.97 Å². The molecule has 1 spiro atoms. The van der Waals surface area contributed by atoms with E-state index in [1.54, 1.807) is 11.3 Å². The summed E-state index contributed by atoms with van der Waals surface area (Å²) >= 11 is 1.65. The molecular formula is C25H27N3O3S. The molecule has 2 aliphatic rings. The lowest BCUT2D eigenvalue weighted by Gasteiger charge is -2.56. The van der Waals surface area contributed by atoms with Crippen LogP contribution in [0, 0.1) is 25.2 Å². The van der Waals surface area contributed by atoms with Crippen LogP contribution < -0.4 is 5.32 Å². The average molecular weight is 450 g/mol. The van der Waals surface area contributed by atoms with Gasteiger partial charge in [0.15, 0.2) is 0 Å². The number of rotatable bonds is 6. The predicted octanol–water partition coefficient (Wildman–Crippen LogP) is 4.65. The maximum absolute atomic E-state index is 13.2. The summed E-state index contributed by atoms with van der Waals surface area (Å²) in [6.07, 6.45) is 7.16. The largest absolute Gasteiger partial charge is 0.481 e. The standard InChI is InChI=1S/C25H27N3O3S/c1-15-21(14-28-13-19(12-26-28)17-6-4-3-5-7-17)22(16(2)32-15)23(29)27-20-10-25(11-20)8-18(9-25)24(30)31/h3-7,12-13,18,20H,8-11,14H2,1-2H3,(H,27,29)(H,30,31). The van der Waals surface area contributed by atoms with Crippen molar-refractivity contribution in [3.05, 3.63) is 63.6 Å². The molecule has 0 saturated heterocycles. The van der Waals surface area contributed by atoms with Crippen LogP contribution in [0.15, 0.2) is 42.7 Å². The first-order chi connectivity index (χ1) is 15.3. The smallest absolute Gasteiger partial charge is 0.306 e. The number of aliphatic carboxylic acids is 1. The van der Waals surface area contributed by atoms with Crippen molar-refractivity contribution in [1.82, 2.24) is 15.1 Å². The summed E-state index contributed by atoms with van der Waals surface area (Å²) in [7, 11) is 0. The summed E-state index contributed by atoms with van der Waals surface area (Å²) in [4.78, 5) is 26.4. The molecule has 2 N–H and O–H groups in total. The number of thiophene rings is 1. The highest BCUT2D eigenvalue weighted by Crippen LogP contribution is 2.58. The first kappa shape index (κ1) is 20.9. The summed E-state index contributed by atoms with van der Waals surface area (Å²) in [6, 6.07) is 10.3. The predicted molar refractivity (Wildman–Crippen MR) is 124 cm³/mol. The van der Waals surface area contributed by atoms with Crippen LogP contribution in [-0.2, 0) is 11.3 Å². The molecule has 166 valence electrons. The van der Waals surface area contributed by atoms with E-state index < -0.39 is 5.97 Å². The molecule has 1 aromatic carbocycles. The highest BCUT2D eigenvalue weighted by Gasteiger charge is 2.55. The van der Waals surface area contributed by atoms with Crippen LogP contribution in [0.3, 0.4) is 0 Å². The number of hydrogen-bond acceptors (Lipinski definition) is 4. The summed E-state index contributed by atoms with van der Waals surface area (Å²) in [5.74, 6) is -0.910. The van der Waals surface area contributed by atoms with Gasteiger partial charge in [-0.15, -0.1) is 11.3 Å². The molecule has 0 aliphatic heterocycles. The van der Waals surface area contributed by atoms with Gasteiger partial charge in [-0.2, -0.15) is 5.10 Å². The van der Waals surface area contributed by atoms with Crippen molar-refractivity contribution < 1.29 is 14.7 Å². The Hall–Kier alpha value is -2.93. The van der Waals surface area contributed by atoms with Gasteiger partial charge in [0.1, 0.15) is 0 Å². The first-order valence-corrected chi connectivity index (χ1v) is 11.9. The van der Waals surface area contributed by atoms with E-state index in [9.17, 15) is 9.59 Å². The molecule has 2 fully saturated rings. The highest BCUT2D eigenvalue weighted by molar-refractivity contribution is 7.12. The third kappa shape index (κ3) is 3.75. The topological polar surface area (TPSA) is 84.2 Å². The van der Waals surface area contributed by atoms with Crippen LogP contribution >= 0.6 is 11.3 Å². The highest BCUT2D eigenvalue weighted by atomic mass is 32.1. The van der Waals surface area contributed by atoms with Crippen molar-refractivity contribution in [2.24, 2.45) is 11.3 Å². The number of nitrogens with one attached hydrogen (secondary N) is 1. The van der Waals surface area contributed by atoms with Gasteiger partial charge in [0.2, 0.25) is 0 Å². The second kappa shape index (κ2) is 7.89. The summed E-state index contributed by atoms with van der Waals surface area (Å²) in [5, 5.41) is 16.8. The van der Waals surface area contributed by atoms with Crippen LogP contribution in [0.1, 0.15) is 51.4 Å². The van der Waals surface area contributed by atoms with Crippen molar-refractivity contribution in [3.8, 4) is 11.1 Å². The van der Waals surface area contributed by atoms with E-state index in [0.29, 0.717) is 6.54 Å². The number of aromatic nitrogens is 2. The Bertz CT molecular complexity index is 1170. The number of nitrogens with zero attached hydrogens (tertiary/aromatic N) is 2. The van der Waals surface area contributed by atoms with Gasteiger partial charge in [-0.05, 0) is 50.5 Å². The molecule has 0 unspecified atom stereocenters. The third-order valence-electron chi connectivity index (χ3n) is 7.07. The zero-order chi connectivity index (χ0) is 22.5. The molecule has 5 rings (SSSR count). The fourth-order valence-corrected chi connectivity index (χ4v) is 6.52. The van der Waals surface area contributed by atoms with Crippen LogP contribution in [0.2, 0.25) is 0 Å². The molecule has 7 heteroatoms. The number of aryl methyl sites for hydroxylation is 2. The van der Waals surface area contributed by atoms with Crippen molar-refractivity contribution in [1.29, 1.82) is 0 Å². The van der Waals surface area contributed by atoms with Crippen LogP contribution in [-0.4, -0.2) is 32.8 Å². The second-order valence-corrected chi connectivity index (χ2v) is 10.8. The Labute approximate surface area is 191 Å². The van der Waals surface area contributed by atoms with Gasteiger partial charge in [-0.1, -0.05) is 30.3 Å². The number of carboxylic acids is 1. The molecule has 2 aromatic heterocycles. The minimum Gasteiger partial charge on any atom is -0.481 e. The maximum Gasteiger partial charge on any atom is 0.306 e. The SMILES string of the molecule is Cc1sc(C)c(C(=O)NC2CC3(C2)CC(C(=O)O)C3)c1Cn1cc(-c2ccccc2)cn1. The fraction of sp³-hybridized carbons (Fsp3) is 0.400. The van der Waals surface area contributed by atoms with Gasteiger partial charge in [0, 0.05) is 33.1 Å². The van der Waals surface area contributed by atoms with Gasteiger partial charge in [0.05, 0.1) is 24.2 Å². The number of carbonyl (C=O) groups excluding carboxylic acids is 1. The Balaban J connectivity index is 1.27. The van der Waals surface area contributed by atoms with Crippen molar-refractivity contribution >= 4 is 23.2 Å². The van der Waals surface area contributed by atoms with Crippen LogP contribution in [0.4, 0.5) is 0 Å².